The van der Waals surface area contributed by atoms with Crippen LogP contribution in [0.25, 0.3) is 0 Å². The lowest BCUT2D eigenvalue weighted by molar-refractivity contribution is 0.945. The molecule has 2 aromatic rings. The number of hydrogen-bond acceptors (Lipinski definition) is 8. The summed E-state index contributed by atoms with van der Waals surface area (Å²) in [6.07, 6.45) is 1.72. The Balaban J connectivity index is 2.04. The maximum Gasteiger partial charge on any atom is 0.253 e. The van der Waals surface area contributed by atoms with Gasteiger partial charge in [-0.3, -0.25) is 10.2 Å². The van der Waals surface area contributed by atoms with Crippen molar-refractivity contribution in [3.63, 3.8) is 0 Å². The molecule has 0 aliphatic rings. The topological polar surface area (TPSA) is 123 Å². The van der Waals surface area contributed by atoms with Crippen LogP contribution in [0.1, 0.15) is 4.88 Å². The average molecular weight is 270 g/mol. The molecule has 0 aliphatic heterocycles. The Bertz CT molecular complexity index is 565. The molecule has 0 spiro atoms. The molecule has 0 saturated carbocycles. The molecular formula is C8H10N6OS2. The van der Waals surface area contributed by atoms with Crippen molar-refractivity contribution in [2.24, 2.45) is 5.84 Å². The molecule has 9 heteroatoms. The van der Waals surface area contributed by atoms with E-state index in [1.54, 1.807) is 6.20 Å². The third-order valence-electron chi connectivity index (χ3n) is 1.77. The minimum atomic E-state index is -0.256. The highest BCUT2D eigenvalue weighted by molar-refractivity contribution is 7.98. The summed E-state index contributed by atoms with van der Waals surface area (Å²) in [4.78, 5) is 22.8. The summed E-state index contributed by atoms with van der Waals surface area (Å²) in [5.74, 6) is 6.08. The van der Waals surface area contributed by atoms with E-state index in [2.05, 4.69) is 20.4 Å². The van der Waals surface area contributed by atoms with Gasteiger partial charge in [0.15, 0.2) is 10.3 Å². The zero-order chi connectivity index (χ0) is 12.3. The summed E-state index contributed by atoms with van der Waals surface area (Å²) in [5.41, 5.74) is 7.69. The second kappa shape index (κ2) is 5.17. The molecule has 2 heterocycles. The second-order valence-corrected chi connectivity index (χ2v) is 5.12. The molecule has 2 rings (SSSR count). The van der Waals surface area contributed by atoms with Gasteiger partial charge in [0.25, 0.3) is 5.56 Å². The van der Waals surface area contributed by atoms with Crippen LogP contribution < -0.4 is 22.6 Å². The van der Waals surface area contributed by atoms with E-state index in [4.69, 9.17) is 11.6 Å². The highest BCUT2D eigenvalue weighted by Gasteiger charge is 2.04. The van der Waals surface area contributed by atoms with E-state index in [0.29, 0.717) is 16.0 Å². The van der Waals surface area contributed by atoms with Crippen molar-refractivity contribution in [1.82, 2.24) is 15.0 Å². The lowest BCUT2D eigenvalue weighted by Crippen LogP contribution is -2.09. The summed E-state index contributed by atoms with van der Waals surface area (Å²) in [6.45, 7) is 0. The fraction of sp³-hybridized carbons (Fsp3) is 0.125. The SMILES string of the molecule is NNc1ncc(CSc2nc(N)cc(=O)[nH]2)s1. The van der Waals surface area contributed by atoms with Crippen molar-refractivity contribution in [3.8, 4) is 0 Å². The largest absolute Gasteiger partial charge is 0.383 e. The van der Waals surface area contributed by atoms with Crippen LogP contribution in [0, 0.1) is 0 Å². The molecule has 2 aromatic heterocycles. The van der Waals surface area contributed by atoms with Crippen molar-refractivity contribution >= 4 is 34.0 Å². The quantitative estimate of drug-likeness (QED) is 0.274. The van der Waals surface area contributed by atoms with Crippen LogP contribution in [0.3, 0.4) is 0 Å². The van der Waals surface area contributed by atoms with Gasteiger partial charge >= 0.3 is 0 Å². The molecule has 90 valence electrons. The van der Waals surface area contributed by atoms with Gasteiger partial charge in [-0.1, -0.05) is 11.8 Å². The van der Waals surface area contributed by atoms with E-state index in [1.807, 2.05) is 0 Å². The number of H-pyrrole nitrogens is 1. The van der Waals surface area contributed by atoms with Crippen molar-refractivity contribution in [1.29, 1.82) is 0 Å². The van der Waals surface area contributed by atoms with Crippen LogP contribution in [0.15, 0.2) is 22.2 Å². The van der Waals surface area contributed by atoms with Crippen LogP contribution in [0.2, 0.25) is 0 Å². The van der Waals surface area contributed by atoms with E-state index in [0.717, 1.165) is 4.88 Å². The van der Waals surface area contributed by atoms with E-state index in [9.17, 15) is 4.79 Å². The Labute approximate surface area is 105 Å². The monoisotopic (exact) mass is 270 g/mol. The minimum Gasteiger partial charge on any atom is -0.383 e. The molecule has 7 nitrogen and oxygen atoms in total. The molecular weight excluding hydrogens is 260 g/mol. The molecule has 17 heavy (non-hydrogen) atoms. The number of nitrogens with zero attached hydrogens (tertiary/aromatic N) is 2. The van der Waals surface area contributed by atoms with Gasteiger partial charge in [-0.2, -0.15) is 0 Å². The number of rotatable bonds is 4. The maximum atomic E-state index is 11.1. The van der Waals surface area contributed by atoms with E-state index < -0.39 is 0 Å². The Morgan fingerprint density at radius 1 is 1.59 bits per heavy atom. The summed E-state index contributed by atoms with van der Waals surface area (Å²) in [5, 5.41) is 1.14. The normalized spacial score (nSPS) is 10.4. The molecule has 0 aliphatic carbocycles. The minimum absolute atomic E-state index is 0.213. The van der Waals surface area contributed by atoms with E-state index >= 15 is 0 Å². The van der Waals surface area contributed by atoms with Crippen LogP contribution in [-0.4, -0.2) is 15.0 Å². The highest BCUT2D eigenvalue weighted by atomic mass is 32.2. The number of anilines is 2. The van der Waals surface area contributed by atoms with Crippen LogP contribution >= 0.6 is 23.1 Å². The van der Waals surface area contributed by atoms with Gasteiger partial charge in [-0.25, -0.2) is 15.8 Å². The molecule has 0 unspecified atom stereocenters. The van der Waals surface area contributed by atoms with Crippen molar-refractivity contribution in [3.05, 3.63) is 27.5 Å². The zero-order valence-corrected chi connectivity index (χ0v) is 10.3. The summed E-state index contributed by atoms with van der Waals surface area (Å²) < 4.78 is 0. The zero-order valence-electron chi connectivity index (χ0n) is 8.64. The first-order valence-electron chi connectivity index (χ1n) is 4.58. The Morgan fingerprint density at radius 3 is 3.06 bits per heavy atom. The number of aromatic nitrogens is 3. The third-order valence-corrected chi connectivity index (χ3v) is 3.80. The van der Waals surface area contributed by atoms with Gasteiger partial charge in [0, 0.05) is 22.9 Å². The molecule has 6 N–H and O–H groups in total. The first-order chi connectivity index (χ1) is 8.17. The standard InChI is InChI=1S/C8H10N6OS2/c9-5-1-6(15)13-8(12-5)16-3-4-2-11-7(14-10)17-4/h1-2H,3,10H2,(H,11,14)(H3,9,12,13,15). The van der Waals surface area contributed by atoms with Gasteiger partial charge < -0.3 is 10.7 Å². The summed E-state index contributed by atoms with van der Waals surface area (Å²) >= 11 is 2.82. The number of nitrogen functional groups attached to an aromatic ring is 2. The lowest BCUT2D eigenvalue weighted by atomic mass is 10.6. The van der Waals surface area contributed by atoms with Gasteiger partial charge in [0.1, 0.15) is 5.82 Å². The van der Waals surface area contributed by atoms with Crippen LogP contribution in [0.4, 0.5) is 10.9 Å². The number of hydrazine groups is 1. The van der Waals surface area contributed by atoms with Crippen molar-refractivity contribution in [2.75, 3.05) is 11.2 Å². The molecule has 0 bridgehead atoms. The second-order valence-electron chi connectivity index (χ2n) is 3.04. The Morgan fingerprint density at radius 2 is 2.41 bits per heavy atom. The van der Waals surface area contributed by atoms with Crippen molar-refractivity contribution in [2.45, 2.75) is 10.9 Å². The third kappa shape index (κ3) is 3.19. The van der Waals surface area contributed by atoms with E-state index in [-0.39, 0.29) is 11.4 Å². The molecule has 0 atom stereocenters. The van der Waals surface area contributed by atoms with Crippen LogP contribution in [-0.2, 0) is 5.75 Å². The highest BCUT2D eigenvalue weighted by Crippen LogP contribution is 2.24. The number of thiazole rings is 1. The Hall–Kier alpha value is -1.58. The number of nitrogens with one attached hydrogen (secondary N) is 2. The fourth-order valence-electron chi connectivity index (χ4n) is 1.10. The van der Waals surface area contributed by atoms with Crippen LogP contribution in [0.5, 0.6) is 0 Å². The molecule has 0 fully saturated rings. The number of thioether (sulfide) groups is 1. The van der Waals surface area contributed by atoms with Gasteiger partial charge in [0.2, 0.25) is 0 Å². The summed E-state index contributed by atoms with van der Waals surface area (Å²) in [6, 6.07) is 1.24. The lowest BCUT2D eigenvalue weighted by Gasteiger charge is -1.99. The van der Waals surface area contributed by atoms with Crippen molar-refractivity contribution < 1.29 is 0 Å². The van der Waals surface area contributed by atoms with Gasteiger partial charge in [0.05, 0.1) is 0 Å². The average Bonchev–Trinajstić information content (AvgIpc) is 2.73. The molecule has 0 saturated heterocycles. The molecule has 0 aromatic carbocycles. The van der Waals surface area contributed by atoms with Gasteiger partial charge in [-0.05, 0) is 0 Å². The maximum absolute atomic E-state index is 11.1. The van der Waals surface area contributed by atoms with E-state index in [1.165, 1.54) is 29.2 Å². The number of aromatic amines is 1. The number of nitrogens with two attached hydrogens (primary N) is 2. The first kappa shape index (κ1) is 11.9. The smallest absolute Gasteiger partial charge is 0.253 e. The number of hydrogen-bond donors (Lipinski definition) is 4. The predicted octanol–water partition coefficient (Wildman–Crippen LogP) is 0.386. The Kier molecular flexibility index (Phi) is 3.61. The predicted molar refractivity (Wildman–Crippen MR) is 68.8 cm³/mol. The fourth-order valence-corrected chi connectivity index (χ4v) is 2.73. The summed E-state index contributed by atoms with van der Waals surface area (Å²) in [7, 11) is 0. The first-order valence-corrected chi connectivity index (χ1v) is 6.38. The van der Waals surface area contributed by atoms with Gasteiger partial charge in [-0.15, -0.1) is 11.3 Å². The molecule has 0 radical (unpaired) electrons. The molecule has 0 amide bonds.